The van der Waals surface area contributed by atoms with E-state index in [9.17, 15) is 4.79 Å². The normalized spacial score (nSPS) is 23.3. The lowest BCUT2D eigenvalue weighted by atomic mass is 9.77. The van der Waals surface area contributed by atoms with Crippen LogP contribution in [0.25, 0.3) is 0 Å². The van der Waals surface area contributed by atoms with Gasteiger partial charge in [-0.2, -0.15) is 0 Å². The Hall–Kier alpha value is -1.11. The molecule has 104 valence electrons. The Bertz CT molecular complexity index is 413. The zero-order valence-electron chi connectivity index (χ0n) is 12.3. The summed E-state index contributed by atoms with van der Waals surface area (Å²) in [6.07, 6.45) is 8.31. The van der Waals surface area contributed by atoms with E-state index in [1.807, 2.05) is 12.1 Å². The van der Waals surface area contributed by atoms with Crippen molar-refractivity contribution in [3.05, 3.63) is 35.4 Å². The minimum Gasteiger partial charge on any atom is -0.294 e. The lowest BCUT2D eigenvalue weighted by Crippen LogP contribution is -2.22. The molecule has 0 aromatic heterocycles. The number of Topliss-reactive ketones (excluding diaryl/α,β-unsaturated/α-hetero) is 1. The van der Waals surface area contributed by atoms with Crippen molar-refractivity contribution in [1.82, 2.24) is 0 Å². The lowest BCUT2D eigenvalue weighted by Gasteiger charge is -2.27. The standard InChI is InChI=1S/C18H26O/c1-3-6-15-9-11-16(12-10-15)18(19)17-8-5-7-14(4-2)13-17/h5,7-8,13,15-16H,3-4,6,9-12H2,1-2H3. The summed E-state index contributed by atoms with van der Waals surface area (Å²) >= 11 is 0. The molecule has 0 aliphatic heterocycles. The van der Waals surface area contributed by atoms with Crippen LogP contribution in [-0.2, 0) is 6.42 Å². The smallest absolute Gasteiger partial charge is 0.165 e. The van der Waals surface area contributed by atoms with Gasteiger partial charge < -0.3 is 0 Å². The Morgan fingerprint density at radius 2 is 1.89 bits per heavy atom. The quantitative estimate of drug-likeness (QED) is 0.676. The van der Waals surface area contributed by atoms with E-state index in [0.717, 1.165) is 30.7 Å². The fourth-order valence-corrected chi connectivity index (χ4v) is 3.30. The van der Waals surface area contributed by atoms with Crippen LogP contribution in [0.3, 0.4) is 0 Å². The van der Waals surface area contributed by atoms with Gasteiger partial charge in [0, 0.05) is 11.5 Å². The number of aryl methyl sites for hydroxylation is 1. The largest absolute Gasteiger partial charge is 0.294 e. The van der Waals surface area contributed by atoms with Gasteiger partial charge in [-0.25, -0.2) is 0 Å². The minimum atomic E-state index is 0.278. The average molecular weight is 258 g/mol. The van der Waals surface area contributed by atoms with E-state index in [0.29, 0.717) is 5.78 Å². The molecule has 0 spiro atoms. The van der Waals surface area contributed by atoms with Crippen LogP contribution in [-0.4, -0.2) is 5.78 Å². The highest BCUT2D eigenvalue weighted by molar-refractivity contribution is 5.98. The van der Waals surface area contributed by atoms with Crippen LogP contribution in [0.4, 0.5) is 0 Å². The van der Waals surface area contributed by atoms with Gasteiger partial charge in [-0.3, -0.25) is 4.79 Å². The Labute approximate surface area is 117 Å². The highest BCUT2D eigenvalue weighted by Crippen LogP contribution is 2.33. The van der Waals surface area contributed by atoms with Gasteiger partial charge in [-0.1, -0.05) is 44.9 Å². The molecule has 19 heavy (non-hydrogen) atoms. The molecule has 1 saturated carbocycles. The molecule has 1 fully saturated rings. The predicted molar refractivity (Wildman–Crippen MR) is 80.5 cm³/mol. The van der Waals surface area contributed by atoms with Gasteiger partial charge in [0.1, 0.15) is 0 Å². The second kappa shape index (κ2) is 6.88. The van der Waals surface area contributed by atoms with Gasteiger partial charge in [-0.05, 0) is 49.7 Å². The lowest BCUT2D eigenvalue weighted by molar-refractivity contribution is 0.0870. The summed E-state index contributed by atoms with van der Waals surface area (Å²) in [5.74, 6) is 1.53. The zero-order chi connectivity index (χ0) is 13.7. The van der Waals surface area contributed by atoms with Crippen molar-refractivity contribution in [3.8, 4) is 0 Å². The van der Waals surface area contributed by atoms with Gasteiger partial charge in [0.15, 0.2) is 5.78 Å². The molecule has 1 aliphatic rings. The number of hydrogen-bond acceptors (Lipinski definition) is 1. The van der Waals surface area contributed by atoms with Gasteiger partial charge in [0.2, 0.25) is 0 Å². The summed E-state index contributed by atoms with van der Waals surface area (Å²) in [6, 6.07) is 8.20. The van der Waals surface area contributed by atoms with Gasteiger partial charge in [-0.15, -0.1) is 0 Å². The molecule has 1 aromatic carbocycles. The van der Waals surface area contributed by atoms with E-state index in [4.69, 9.17) is 0 Å². The van der Waals surface area contributed by atoms with E-state index in [2.05, 4.69) is 26.0 Å². The van der Waals surface area contributed by atoms with Gasteiger partial charge in [0.05, 0.1) is 0 Å². The summed E-state index contributed by atoms with van der Waals surface area (Å²) in [5, 5.41) is 0. The summed E-state index contributed by atoms with van der Waals surface area (Å²) in [4.78, 5) is 12.5. The minimum absolute atomic E-state index is 0.278. The monoisotopic (exact) mass is 258 g/mol. The van der Waals surface area contributed by atoms with Crippen molar-refractivity contribution in [1.29, 1.82) is 0 Å². The third-order valence-corrected chi connectivity index (χ3v) is 4.53. The van der Waals surface area contributed by atoms with Crippen LogP contribution in [0, 0.1) is 11.8 Å². The maximum absolute atomic E-state index is 12.5. The van der Waals surface area contributed by atoms with Crippen LogP contribution in [0.15, 0.2) is 24.3 Å². The molecular formula is C18H26O. The number of hydrogen-bond donors (Lipinski definition) is 0. The highest BCUT2D eigenvalue weighted by atomic mass is 16.1. The van der Waals surface area contributed by atoms with Gasteiger partial charge >= 0.3 is 0 Å². The van der Waals surface area contributed by atoms with E-state index in [1.165, 1.54) is 31.2 Å². The number of carbonyl (C=O) groups is 1. The Morgan fingerprint density at radius 3 is 2.53 bits per heavy atom. The first-order valence-corrected chi connectivity index (χ1v) is 7.87. The molecule has 2 rings (SSSR count). The van der Waals surface area contributed by atoms with E-state index < -0.39 is 0 Å². The first kappa shape index (κ1) is 14.3. The molecular weight excluding hydrogens is 232 g/mol. The molecule has 1 aromatic rings. The Kier molecular flexibility index (Phi) is 5.18. The number of rotatable bonds is 5. The van der Waals surface area contributed by atoms with Crippen molar-refractivity contribution >= 4 is 5.78 Å². The van der Waals surface area contributed by atoms with Crippen LogP contribution >= 0.6 is 0 Å². The van der Waals surface area contributed by atoms with Crippen molar-refractivity contribution in [2.24, 2.45) is 11.8 Å². The number of benzene rings is 1. The van der Waals surface area contributed by atoms with E-state index in [1.54, 1.807) is 0 Å². The summed E-state index contributed by atoms with van der Waals surface area (Å²) < 4.78 is 0. The number of carbonyl (C=O) groups excluding carboxylic acids is 1. The molecule has 1 nitrogen and oxygen atoms in total. The second-order valence-electron chi connectivity index (χ2n) is 5.92. The van der Waals surface area contributed by atoms with Crippen LogP contribution < -0.4 is 0 Å². The maximum Gasteiger partial charge on any atom is 0.165 e. The molecule has 0 unspecified atom stereocenters. The fraction of sp³-hybridized carbons (Fsp3) is 0.611. The maximum atomic E-state index is 12.5. The average Bonchev–Trinajstić information content (AvgIpc) is 2.48. The van der Waals surface area contributed by atoms with Crippen molar-refractivity contribution in [3.63, 3.8) is 0 Å². The molecule has 0 saturated heterocycles. The molecule has 0 radical (unpaired) electrons. The highest BCUT2D eigenvalue weighted by Gasteiger charge is 2.26. The van der Waals surface area contributed by atoms with E-state index >= 15 is 0 Å². The van der Waals surface area contributed by atoms with Crippen LogP contribution in [0.5, 0.6) is 0 Å². The van der Waals surface area contributed by atoms with Crippen LogP contribution in [0.2, 0.25) is 0 Å². The second-order valence-corrected chi connectivity index (χ2v) is 5.92. The molecule has 0 atom stereocenters. The fourth-order valence-electron chi connectivity index (χ4n) is 3.30. The van der Waals surface area contributed by atoms with Crippen molar-refractivity contribution in [2.75, 3.05) is 0 Å². The Balaban J connectivity index is 1.97. The van der Waals surface area contributed by atoms with Crippen LogP contribution in [0.1, 0.15) is 68.3 Å². The summed E-state index contributed by atoms with van der Waals surface area (Å²) in [5.41, 5.74) is 2.20. The molecule has 0 N–H and O–H groups in total. The molecule has 1 heteroatoms. The molecule has 1 aliphatic carbocycles. The third kappa shape index (κ3) is 3.68. The predicted octanol–water partition coefficient (Wildman–Crippen LogP) is 5.04. The third-order valence-electron chi connectivity index (χ3n) is 4.53. The van der Waals surface area contributed by atoms with Crippen molar-refractivity contribution in [2.45, 2.75) is 58.8 Å². The number of ketones is 1. The van der Waals surface area contributed by atoms with E-state index in [-0.39, 0.29) is 5.92 Å². The first-order valence-electron chi connectivity index (χ1n) is 7.87. The summed E-state index contributed by atoms with van der Waals surface area (Å²) in [7, 11) is 0. The Morgan fingerprint density at radius 1 is 1.16 bits per heavy atom. The molecule has 0 amide bonds. The molecule has 0 bridgehead atoms. The topological polar surface area (TPSA) is 17.1 Å². The first-order chi connectivity index (χ1) is 9.24. The summed E-state index contributed by atoms with van der Waals surface area (Å²) in [6.45, 7) is 4.40. The SMILES string of the molecule is CCCC1CCC(C(=O)c2cccc(CC)c2)CC1. The molecule has 0 heterocycles. The van der Waals surface area contributed by atoms with Crippen molar-refractivity contribution < 1.29 is 4.79 Å². The zero-order valence-corrected chi connectivity index (χ0v) is 12.3. The van der Waals surface area contributed by atoms with Gasteiger partial charge in [0.25, 0.3) is 0 Å².